The minimum Gasteiger partial charge on any atom is -0.508 e. The molecule has 5 N–H and O–H groups in total. The van der Waals surface area contributed by atoms with Gasteiger partial charge in [0.15, 0.2) is 0 Å². The average Bonchev–Trinajstić information content (AvgIpc) is 2.28. The number of ether oxygens (including phenoxy) is 1. The highest BCUT2D eigenvalue weighted by Crippen LogP contribution is 2.26. The van der Waals surface area contributed by atoms with Crippen LogP contribution in [0.2, 0.25) is 0 Å². The van der Waals surface area contributed by atoms with E-state index < -0.39 is 17.7 Å². The van der Waals surface area contributed by atoms with Gasteiger partial charge < -0.3 is 20.7 Å². The minimum absolute atomic E-state index is 0.0312. The lowest BCUT2D eigenvalue weighted by Crippen LogP contribution is -2.27. The summed E-state index contributed by atoms with van der Waals surface area (Å²) in [6.07, 6.45) is -0.596. The number of phenols is 1. The third kappa shape index (κ3) is 4.76. The topological polar surface area (TPSA) is 105 Å². The lowest BCUT2D eigenvalue weighted by atomic mass is 10.1. The Balaban J connectivity index is 2.83. The zero-order chi connectivity index (χ0) is 14.6. The van der Waals surface area contributed by atoms with Crippen LogP contribution in [0.5, 0.6) is 5.75 Å². The smallest absolute Gasteiger partial charge is 0.412 e. The molecule has 0 aliphatic rings. The summed E-state index contributed by atoms with van der Waals surface area (Å²) in [6, 6.07) is 3.71. The van der Waals surface area contributed by atoms with Crippen molar-refractivity contribution in [3.63, 3.8) is 0 Å². The van der Waals surface area contributed by atoms with Crippen molar-refractivity contribution in [1.29, 1.82) is 0 Å². The number of nitrogens with two attached hydrogens (primary N) is 1. The van der Waals surface area contributed by atoms with E-state index in [1.165, 1.54) is 18.2 Å². The second-order valence-electron chi connectivity index (χ2n) is 5.19. The number of hydrogen-bond acceptors (Lipinski definition) is 5. The molecule has 1 amide bonds. The number of carbonyl (C=O) groups excluding carboxylic acids is 1. The van der Waals surface area contributed by atoms with E-state index in [2.05, 4.69) is 5.32 Å². The lowest BCUT2D eigenvalue weighted by molar-refractivity contribution is 0.0636. The highest BCUT2D eigenvalue weighted by Gasteiger charge is 2.17. The van der Waals surface area contributed by atoms with Crippen molar-refractivity contribution in [3.8, 4) is 5.75 Å². The van der Waals surface area contributed by atoms with Gasteiger partial charge in [0.25, 0.3) is 0 Å². The molecule has 19 heavy (non-hydrogen) atoms. The summed E-state index contributed by atoms with van der Waals surface area (Å²) in [4.78, 5) is 11.6. The molecule has 6 heteroatoms. The van der Waals surface area contributed by atoms with Gasteiger partial charge in [0.1, 0.15) is 11.4 Å². The normalized spacial score (nSPS) is 12.9. The van der Waals surface area contributed by atoms with Crippen LogP contribution in [0.1, 0.15) is 32.4 Å². The Morgan fingerprint density at radius 1 is 1.47 bits per heavy atom. The van der Waals surface area contributed by atoms with Gasteiger partial charge in [-0.2, -0.15) is 0 Å². The molecule has 106 valence electrons. The maximum absolute atomic E-state index is 11.6. The number of anilines is 1. The first-order valence-electron chi connectivity index (χ1n) is 5.92. The predicted octanol–water partition coefficient (Wildman–Crippen LogP) is 1.73. The molecule has 0 saturated carbocycles. The van der Waals surface area contributed by atoms with E-state index in [0.29, 0.717) is 11.3 Å². The first-order valence-corrected chi connectivity index (χ1v) is 5.92. The Morgan fingerprint density at radius 2 is 2.11 bits per heavy atom. The zero-order valence-electron chi connectivity index (χ0n) is 11.3. The molecule has 1 unspecified atom stereocenters. The number of hydrogen-bond donors (Lipinski definition) is 4. The van der Waals surface area contributed by atoms with Gasteiger partial charge in [-0.1, -0.05) is 0 Å². The second kappa shape index (κ2) is 5.90. The molecule has 0 radical (unpaired) electrons. The number of aliphatic hydroxyl groups is 1. The van der Waals surface area contributed by atoms with E-state index in [1.807, 2.05) is 0 Å². The Hall–Kier alpha value is -1.79. The fourth-order valence-corrected chi connectivity index (χ4v) is 1.45. The number of benzene rings is 1. The molecule has 0 heterocycles. The molecule has 0 spiro atoms. The van der Waals surface area contributed by atoms with Crippen LogP contribution in [0, 0.1) is 0 Å². The molecule has 6 nitrogen and oxygen atoms in total. The monoisotopic (exact) mass is 268 g/mol. The van der Waals surface area contributed by atoms with Gasteiger partial charge in [0.2, 0.25) is 0 Å². The molecular formula is C13H20N2O4. The molecule has 0 aliphatic carbocycles. The summed E-state index contributed by atoms with van der Waals surface area (Å²) >= 11 is 0. The average molecular weight is 268 g/mol. The van der Waals surface area contributed by atoms with Crippen LogP contribution in [0.15, 0.2) is 18.2 Å². The number of carbonyl (C=O) groups is 1. The summed E-state index contributed by atoms with van der Waals surface area (Å²) in [7, 11) is 0. The summed E-state index contributed by atoms with van der Waals surface area (Å²) in [5, 5.41) is 21.1. The van der Waals surface area contributed by atoms with Gasteiger partial charge in [-0.25, -0.2) is 4.79 Å². The van der Waals surface area contributed by atoms with Crippen LogP contribution in [-0.4, -0.2) is 28.5 Å². The number of aromatic hydroxyl groups is 1. The van der Waals surface area contributed by atoms with Gasteiger partial charge in [0, 0.05) is 11.3 Å². The Morgan fingerprint density at radius 3 is 2.63 bits per heavy atom. The number of amides is 1. The molecule has 1 atom stereocenters. The van der Waals surface area contributed by atoms with Crippen LogP contribution in [0.25, 0.3) is 0 Å². The molecule has 0 aliphatic heterocycles. The number of phenolic OH excluding ortho intramolecular Hbond substituents is 1. The SMILES string of the molecule is CC(C)(C)OC(=O)Nc1ccc(O)c(C(N)CO)c1. The van der Waals surface area contributed by atoms with Crippen molar-refractivity contribution in [2.45, 2.75) is 32.4 Å². The van der Waals surface area contributed by atoms with Gasteiger partial charge in [-0.15, -0.1) is 0 Å². The molecule has 1 rings (SSSR count). The standard InChI is InChI=1S/C13H20N2O4/c1-13(2,3)19-12(18)15-8-4-5-11(17)9(6-8)10(14)7-16/h4-6,10,16-17H,7,14H2,1-3H3,(H,15,18). The molecule has 1 aromatic carbocycles. The van der Waals surface area contributed by atoms with Gasteiger partial charge in [-0.05, 0) is 39.0 Å². The van der Waals surface area contributed by atoms with Crippen LogP contribution in [0.3, 0.4) is 0 Å². The molecular weight excluding hydrogens is 248 g/mol. The molecule has 0 aromatic heterocycles. The fourth-order valence-electron chi connectivity index (χ4n) is 1.45. The summed E-state index contributed by atoms with van der Waals surface area (Å²) in [5.74, 6) is -0.0312. The maximum Gasteiger partial charge on any atom is 0.412 e. The first-order chi connectivity index (χ1) is 8.73. The van der Waals surface area contributed by atoms with E-state index in [0.717, 1.165) is 0 Å². The highest BCUT2D eigenvalue weighted by atomic mass is 16.6. The van der Waals surface area contributed by atoms with Crippen molar-refractivity contribution < 1.29 is 19.7 Å². The fraction of sp³-hybridized carbons (Fsp3) is 0.462. The van der Waals surface area contributed by atoms with Crippen LogP contribution in [-0.2, 0) is 4.74 Å². The van der Waals surface area contributed by atoms with Gasteiger partial charge >= 0.3 is 6.09 Å². The third-order valence-corrected chi connectivity index (χ3v) is 2.27. The van der Waals surface area contributed by atoms with Crippen LogP contribution < -0.4 is 11.1 Å². The Labute approximate surface area is 112 Å². The lowest BCUT2D eigenvalue weighted by Gasteiger charge is -2.20. The summed E-state index contributed by atoms with van der Waals surface area (Å²) in [5.41, 5.74) is 5.84. The van der Waals surface area contributed by atoms with Crippen LogP contribution in [0.4, 0.5) is 10.5 Å². The second-order valence-corrected chi connectivity index (χ2v) is 5.19. The van der Waals surface area contributed by atoms with Crippen LogP contribution >= 0.6 is 0 Å². The maximum atomic E-state index is 11.6. The van der Waals surface area contributed by atoms with E-state index in [-0.39, 0.29) is 12.4 Å². The number of aliphatic hydroxyl groups excluding tert-OH is 1. The van der Waals surface area contributed by atoms with Gasteiger partial charge in [-0.3, -0.25) is 5.32 Å². The molecule has 1 aromatic rings. The third-order valence-electron chi connectivity index (χ3n) is 2.27. The molecule has 0 saturated heterocycles. The van der Waals surface area contributed by atoms with E-state index in [9.17, 15) is 9.90 Å². The van der Waals surface area contributed by atoms with E-state index >= 15 is 0 Å². The predicted molar refractivity (Wildman–Crippen MR) is 72.0 cm³/mol. The van der Waals surface area contributed by atoms with Crippen molar-refractivity contribution >= 4 is 11.8 Å². The molecule has 0 fully saturated rings. The van der Waals surface area contributed by atoms with Crippen molar-refractivity contribution in [1.82, 2.24) is 0 Å². The number of nitrogens with one attached hydrogen (secondary N) is 1. The van der Waals surface area contributed by atoms with Gasteiger partial charge in [0.05, 0.1) is 12.6 Å². The van der Waals surface area contributed by atoms with Crippen molar-refractivity contribution in [2.75, 3.05) is 11.9 Å². The minimum atomic E-state index is -0.708. The summed E-state index contributed by atoms with van der Waals surface area (Å²) < 4.78 is 5.11. The van der Waals surface area contributed by atoms with Crippen molar-refractivity contribution in [2.24, 2.45) is 5.73 Å². The summed E-state index contributed by atoms with van der Waals surface area (Å²) in [6.45, 7) is 4.98. The Kier molecular flexibility index (Phi) is 4.74. The van der Waals surface area contributed by atoms with E-state index in [1.54, 1.807) is 20.8 Å². The van der Waals surface area contributed by atoms with E-state index in [4.69, 9.17) is 15.6 Å². The largest absolute Gasteiger partial charge is 0.508 e. The Bertz CT molecular complexity index is 454. The molecule has 0 bridgehead atoms. The zero-order valence-corrected chi connectivity index (χ0v) is 11.3. The first kappa shape index (κ1) is 15.3. The van der Waals surface area contributed by atoms with Crippen molar-refractivity contribution in [3.05, 3.63) is 23.8 Å². The highest BCUT2D eigenvalue weighted by molar-refractivity contribution is 5.85. The number of rotatable bonds is 3. The quantitative estimate of drug-likeness (QED) is 0.625.